The molecule has 0 radical (unpaired) electrons. The quantitative estimate of drug-likeness (QED) is 0.339. The van der Waals surface area contributed by atoms with Crippen LogP contribution in [0.15, 0.2) is 53.7 Å². The van der Waals surface area contributed by atoms with E-state index in [2.05, 4.69) is 35.7 Å². The van der Waals surface area contributed by atoms with Gasteiger partial charge in [-0.25, -0.2) is 15.0 Å². The van der Waals surface area contributed by atoms with Crippen molar-refractivity contribution < 1.29 is 9.32 Å². The Hall–Kier alpha value is -4.31. The molecule has 11 heteroatoms. The zero-order valence-corrected chi connectivity index (χ0v) is 20.7. The number of imidazole rings is 1. The van der Waals surface area contributed by atoms with Gasteiger partial charge in [0.2, 0.25) is 5.82 Å². The van der Waals surface area contributed by atoms with E-state index in [-0.39, 0.29) is 11.7 Å². The number of anilines is 1. The third kappa shape index (κ3) is 4.76. The number of hydrogen-bond donors (Lipinski definition) is 2. The van der Waals surface area contributed by atoms with Crippen molar-refractivity contribution in [2.75, 3.05) is 5.32 Å². The number of benzene rings is 1. The molecule has 182 valence electrons. The van der Waals surface area contributed by atoms with E-state index in [4.69, 9.17) is 16.1 Å². The SMILES string of the molecule is Cc1noc(C)c1-c1ccc2nc(C(=O)NCc3cncn3C)nc(NCc3cncc(Cl)c3)c2c1. The molecule has 0 saturated carbocycles. The number of aryl methyl sites for hydroxylation is 3. The van der Waals surface area contributed by atoms with E-state index in [1.807, 2.05) is 49.7 Å². The van der Waals surface area contributed by atoms with Gasteiger partial charge in [-0.3, -0.25) is 9.78 Å². The van der Waals surface area contributed by atoms with Crippen LogP contribution in [0.1, 0.15) is 33.3 Å². The molecule has 0 bridgehead atoms. The lowest BCUT2D eigenvalue weighted by Crippen LogP contribution is -2.26. The molecule has 5 rings (SSSR count). The second kappa shape index (κ2) is 9.74. The molecule has 4 heterocycles. The number of rotatable bonds is 7. The molecule has 0 fully saturated rings. The van der Waals surface area contributed by atoms with Crippen LogP contribution in [-0.4, -0.2) is 35.6 Å². The average molecular weight is 503 g/mol. The molecule has 2 N–H and O–H groups in total. The van der Waals surface area contributed by atoms with Crippen molar-refractivity contribution in [3.63, 3.8) is 0 Å². The molecular formula is C25H23ClN8O2. The second-order valence-electron chi connectivity index (χ2n) is 8.37. The van der Waals surface area contributed by atoms with E-state index in [1.165, 1.54) is 0 Å². The van der Waals surface area contributed by atoms with Gasteiger partial charge in [0.1, 0.15) is 11.6 Å². The van der Waals surface area contributed by atoms with E-state index in [0.29, 0.717) is 29.4 Å². The van der Waals surface area contributed by atoms with Crippen molar-refractivity contribution in [1.82, 2.24) is 35.0 Å². The van der Waals surface area contributed by atoms with Crippen LogP contribution in [0, 0.1) is 13.8 Å². The van der Waals surface area contributed by atoms with Crippen molar-refractivity contribution in [2.24, 2.45) is 7.05 Å². The number of nitrogens with zero attached hydrogens (tertiary/aromatic N) is 6. The molecule has 10 nitrogen and oxygen atoms in total. The Balaban J connectivity index is 1.52. The van der Waals surface area contributed by atoms with E-state index in [9.17, 15) is 4.79 Å². The number of pyridine rings is 1. The van der Waals surface area contributed by atoms with Gasteiger partial charge in [0.15, 0.2) is 0 Å². The molecule has 0 aliphatic rings. The highest BCUT2D eigenvalue weighted by Gasteiger charge is 2.17. The summed E-state index contributed by atoms with van der Waals surface area (Å²) >= 11 is 6.09. The molecule has 0 unspecified atom stereocenters. The van der Waals surface area contributed by atoms with E-state index >= 15 is 0 Å². The fourth-order valence-electron chi connectivity index (χ4n) is 3.96. The number of carbonyl (C=O) groups excluding carboxylic acids is 1. The minimum Gasteiger partial charge on any atom is -0.365 e. The highest BCUT2D eigenvalue weighted by atomic mass is 35.5. The molecule has 1 aromatic carbocycles. The number of carbonyl (C=O) groups is 1. The molecule has 4 aromatic heterocycles. The van der Waals surface area contributed by atoms with Crippen LogP contribution in [0.3, 0.4) is 0 Å². The number of hydrogen-bond acceptors (Lipinski definition) is 8. The van der Waals surface area contributed by atoms with Gasteiger partial charge in [0.05, 0.1) is 34.8 Å². The maximum atomic E-state index is 13.0. The van der Waals surface area contributed by atoms with Crippen molar-refractivity contribution in [3.05, 3.63) is 82.7 Å². The Morgan fingerprint density at radius 1 is 1.08 bits per heavy atom. The number of nitrogens with one attached hydrogen (secondary N) is 2. The number of aromatic nitrogens is 6. The minimum atomic E-state index is -0.389. The van der Waals surface area contributed by atoms with Crippen molar-refractivity contribution >= 4 is 34.2 Å². The van der Waals surface area contributed by atoms with Gasteiger partial charge in [0, 0.05) is 43.1 Å². The van der Waals surface area contributed by atoms with E-state index in [0.717, 1.165) is 39.2 Å². The summed E-state index contributed by atoms with van der Waals surface area (Å²) in [5.41, 5.74) is 4.98. The Morgan fingerprint density at radius 2 is 1.94 bits per heavy atom. The highest BCUT2D eigenvalue weighted by molar-refractivity contribution is 6.30. The Labute approximate surface area is 211 Å². The number of fused-ring (bicyclic) bond motifs is 1. The largest absolute Gasteiger partial charge is 0.365 e. The van der Waals surface area contributed by atoms with Gasteiger partial charge in [0.25, 0.3) is 5.91 Å². The van der Waals surface area contributed by atoms with Crippen molar-refractivity contribution in [2.45, 2.75) is 26.9 Å². The molecule has 1 amide bonds. The Kier molecular flexibility index (Phi) is 6.34. The molecule has 5 aromatic rings. The van der Waals surface area contributed by atoms with Crippen LogP contribution >= 0.6 is 11.6 Å². The third-order valence-corrected chi connectivity index (χ3v) is 6.00. The zero-order chi connectivity index (χ0) is 25.2. The van der Waals surface area contributed by atoms with Gasteiger partial charge in [-0.1, -0.05) is 22.8 Å². The van der Waals surface area contributed by atoms with Gasteiger partial charge in [-0.2, -0.15) is 0 Å². The predicted octanol–water partition coefficient (Wildman–Crippen LogP) is 4.23. The van der Waals surface area contributed by atoms with Gasteiger partial charge >= 0.3 is 0 Å². The molecule has 0 atom stereocenters. The summed E-state index contributed by atoms with van der Waals surface area (Å²) < 4.78 is 7.19. The second-order valence-corrected chi connectivity index (χ2v) is 8.81. The number of amides is 1. The van der Waals surface area contributed by atoms with Crippen molar-refractivity contribution in [1.29, 1.82) is 0 Å². The van der Waals surface area contributed by atoms with Gasteiger partial charge in [-0.05, 0) is 43.2 Å². The van der Waals surface area contributed by atoms with Crippen LogP contribution in [0.4, 0.5) is 5.82 Å². The fraction of sp³-hybridized carbons (Fsp3) is 0.200. The maximum absolute atomic E-state index is 13.0. The summed E-state index contributed by atoms with van der Waals surface area (Å²) in [7, 11) is 1.87. The van der Waals surface area contributed by atoms with Crippen LogP contribution in [-0.2, 0) is 20.1 Å². The first-order valence-corrected chi connectivity index (χ1v) is 11.6. The Bertz CT molecular complexity index is 1560. The summed E-state index contributed by atoms with van der Waals surface area (Å²) in [5.74, 6) is 0.902. The van der Waals surface area contributed by atoms with Gasteiger partial charge < -0.3 is 19.7 Å². The van der Waals surface area contributed by atoms with E-state index < -0.39 is 0 Å². The normalized spacial score (nSPS) is 11.1. The van der Waals surface area contributed by atoms with E-state index in [1.54, 1.807) is 24.9 Å². The lowest BCUT2D eigenvalue weighted by molar-refractivity contribution is 0.0940. The summed E-state index contributed by atoms with van der Waals surface area (Å²) in [6.07, 6.45) is 6.67. The summed E-state index contributed by atoms with van der Waals surface area (Å²) in [4.78, 5) is 30.3. The van der Waals surface area contributed by atoms with Crippen LogP contribution < -0.4 is 10.6 Å². The minimum absolute atomic E-state index is 0.0569. The molecule has 0 saturated heterocycles. The molecule has 0 aliphatic carbocycles. The fourth-order valence-corrected chi connectivity index (χ4v) is 4.15. The molecule has 0 aliphatic heterocycles. The first kappa shape index (κ1) is 23.4. The first-order chi connectivity index (χ1) is 17.4. The third-order valence-electron chi connectivity index (χ3n) is 5.79. The molecule has 36 heavy (non-hydrogen) atoms. The number of halogens is 1. The summed E-state index contributed by atoms with van der Waals surface area (Å²) in [6, 6.07) is 7.59. The smallest absolute Gasteiger partial charge is 0.289 e. The first-order valence-electron chi connectivity index (χ1n) is 11.2. The van der Waals surface area contributed by atoms with Crippen LogP contribution in [0.25, 0.3) is 22.0 Å². The summed E-state index contributed by atoms with van der Waals surface area (Å²) in [5, 5.41) is 11.5. The van der Waals surface area contributed by atoms with Crippen molar-refractivity contribution in [3.8, 4) is 11.1 Å². The Morgan fingerprint density at radius 3 is 2.67 bits per heavy atom. The average Bonchev–Trinajstić information content (AvgIpc) is 3.44. The monoisotopic (exact) mass is 502 g/mol. The molecule has 0 spiro atoms. The highest BCUT2D eigenvalue weighted by Crippen LogP contribution is 2.31. The van der Waals surface area contributed by atoms with Crippen LogP contribution in [0.5, 0.6) is 0 Å². The standard InChI is InChI=1S/C25H23ClN8O2/c1-14-22(15(2)36-33-14)17-4-5-21-20(7-17)23(29-9-16-6-18(26)10-27-8-16)32-24(31-21)25(35)30-12-19-11-28-13-34(19)3/h4-8,10-11,13H,9,12H2,1-3H3,(H,30,35)(H,29,31,32). The zero-order valence-electron chi connectivity index (χ0n) is 19.9. The van der Waals surface area contributed by atoms with Gasteiger partial charge in [-0.15, -0.1) is 0 Å². The van der Waals surface area contributed by atoms with Crippen LogP contribution in [0.2, 0.25) is 5.02 Å². The lowest BCUT2D eigenvalue weighted by atomic mass is 10.0. The lowest BCUT2D eigenvalue weighted by Gasteiger charge is -2.13. The summed E-state index contributed by atoms with van der Waals surface area (Å²) in [6.45, 7) is 4.48. The maximum Gasteiger partial charge on any atom is 0.289 e. The predicted molar refractivity (Wildman–Crippen MR) is 135 cm³/mol. The topological polar surface area (TPSA) is 124 Å². The molecular weight excluding hydrogens is 480 g/mol.